The fraction of sp³-hybridized carbons (Fsp3) is 0.133. The van der Waals surface area contributed by atoms with Crippen LogP contribution < -0.4 is 10.1 Å². The Kier molecular flexibility index (Phi) is 6.35. The second-order valence-electron chi connectivity index (χ2n) is 4.78. The van der Waals surface area contributed by atoms with Gasteiger partial charge in [0, 0.05) is 16.7 Å². The number of amides is 1. The van der Waals surface area contributed by atoms with Crippen molar-refractivity contribution in [3.8, 4) is 5.75 Å². The summed E-state index contributed by atoms with van der Waals surface area (Å²) in [5.74, 6) is -0.541. The molecule has 132 valence electrons. The third kappa shape index (κ3) is 5.64. The molecule has 25 heavy (non-hydrogen) atoms. The van der Waals surface area contributed by atoms with Gasteiger partial charge in [-0.3, -0.25) is 14.9 Å². The molecule has 0 aliphatic heterocycles. The Morgan fingerprint density at radius 2 is 1.84 bits per heavy atom. The summed E-state index contributed by atoms with van der Waals surface area (Å²) in [5, 5.41) is 13.6. The summed E-state index contributed by atoms with van der Waals surface area (Å²) in [6, 6.07) is 11.4. The van der Waals surface area contributed by atoms with Crippen LogP contribution in [0.1, 0.15) is 10.4 Å². The summed E-state index contributed by atoms with van der Waals surface area (Å²) >= 11 is 23.4. The van der Waals surface area contributed by atoms with Crippen molar-refractivity contribution in [3.05, 3.63) is 69.2 Å². The first-order valence-corrected chi connectivity index (χ1v) is 8.22. The number of alkyl halides is 3. The van der Waals surface area contributed by atoms with Gasteiger partial charge in [0.2, 0.25) is 10.0 Å². The molecule has 0 aliphatic rings. The standard InChI is InChI=1S/C15H10Cl4N2O4/c16-10-4-1-3-9(7-10)13(22)20-14(15(17,18)19)25-12-6-2-5-11(8-12)21(23)24/h1-8,14H,(H,20,22)/t14-/m1/s1. The number of hydrogen-bond donors (Lipinski definition) is 1. The smallest absolute Gasteiger partial charge is 0.273 e. The number of ether oxygens (including phenoxy) is 1. The van der Waals surface area contributed by atoms with Crippen molar-refractivity contribution in [2.45, 2.75) is 10.0 Å². The fourth-order valence-corrected chi connectivity index (χ4v) is 2.30. The highest BCUT2D eigenvalue weighted by molar-refractivity contribution is 6.68. The zero-order chi connectivity index (χ0) is 18.6. The Hall–Kier alpha value is -1.73. The van der Waals surface area contributed by atoms with Gasteiger partial charge in [-0.2, -0.15) is 0 Å². The Labute approximate surface area is 162 Å². The molecular formula is C15H10Cl4N2O4. The Balaban J connectivity index is 2.21. The number of carbonyl (C=O) groups excluding carboxylic acids is 1. The lowest BCUT2D eigenvalue weighted by Gasteiger charge is -2.26. The topological polar surface area (TPSA) is 81.5 Å². The lowest BCUT2D eigenvalue weighted by atomic mass is 10.2. The Morgan fingerprint density at radius 1 is 1.16 bits per heavy atom. The lowest BCUT2D eigenvalue weighted by Crippen LogP contribution is -2.47. The van der Waals surface area contributed by atoms with Gasteiger partial charge < -0.3 is 10.1 Å². The second kappa shape index (κ2) is 8.10. The van der Waals surface area contributed by atoms with Gasteiger partial charge in [-0.15, -0.1) is 0 Å². The predicted molar refractivity (Wildman–Crippen MR) is 96.7 cm³/mol. The minimum absolute atomic E-state index is 0.0527. The molecule has 2 aromatic carbocycles. The maximum absolute atomic E-state index is 12.3. The highest BCUT2D eigenvalue weighted by atomic mass is 35.6. The molecule has 0 saturated heterocycles. The minimum Gasteiger partial charge on any atom is -0.466 e. The highest BCUT2D eigenvalue weighted by Crippen LogP contribution is 2.33. The SMILES string of the molecule is O=C(N[C@H](Oc1cccc([N+](=O)[O-])c1)C(Cl)(Cl)Cl)c1cccc(Cl)c1. The van der Waals surface area contributed by atoms with E-state index >= 15 is 0 Å². The van der Waals surface area contributed by atoms with Crippen LogP contribution in [-0.4, -0.2) is 20.9 Å². The summed E-state index contributed by atoms with van der Waals surface area (Å²) < 4.78 is 3.40. The molecule has 0 saturated carbocycles. The lowest BCUT2D eigenvalue weighted by molar-refractivity contribution is -0.384. The molecule has 0 radical (unpaired) electrons. The molecule has 0 bridgehead atoms. The number of nitrogens with one attached hydrogen (secondary N) is 1. The maximum Gasteiger partial charge on any atom is 0.273 e. The first-order valence-electron chi connectivity index (χ1n) is 6.71. The summed E-state index contributed by atoms with van der Waals surface area (Å²) in [7, 11) is 0. The van der Waals surface area contributed by atoms with Gasteiger partial charge in [0.25, 0.3) is 11.6 Å². The number of carbonyl (C=O) groups is 1. The van der Waals surface area contributed by atoms with Gasteiger partial charge in [0.15, 0.2) is 0 Å². The van der Waals surface area contributed by atoms with Crippen molar-refractivity contribution in [2.75, 3.05) is 0 Å². The van der Waals surface area contributed by atoms with Crippen LogP contribution in [0.15, 0.2) is 48.5 Å². The predicted octanol–water partition coefficient (Wildman–Crippen LogP) is 4.75. The van der Waals surface area contributed by atoms with Crippen LogP contribution in [0.4, 0.5) is 5.69 Å². The number of rotatable bonds is 5. The number of benzene rings is 2. The van der Waals surface area contributed by atoms with Crippen molar-refractivity contribution in [2.24, 2.45) is 0 Å². The normalized spacial score (nSPS) is 12.3. The third-order valence-electron chi connectivity index (χ3n) is 2.93. The molecule has 1 amide bonds. The highest BCUT2D eigenvalue weighted by Gasteiger charge is 2.36. The Morgan fingerprint density at radius 3 is 2.44 bits per heavy atom. The fourth-order valence-electron chi connectivity index (χ4n) is 1.82. The van der Waals surface area contributed by atoms with Crippen LogP contribution in [0, 0.1) is 10.1 Å². The summed E-state index contributed by atoms with van der Waals surface area (Å²) in [5.41, 5.74) is 0.0242. The summed E-state index contributed by atoms with van der Waals surface area (Å²) in [6.07, 6.45) is -1.40. The minimum atomic E-state index is -2.03. The summed E-state index contributed by atoms with van der Waals surface area (Å²) in [4.78, 5) is 22.5. The zero-order valence-electron chi connectivity index (χ0n) is 12.3. The van der Waals surface area contributed by atoms with Crippen LogP contribution in [-0.2, 0) is 0 Å². The number of hydrogen-bond acceptors (Lipinski definition) is 4. The molecule has 2 rings (SSSR count). The van der Waals surface area contributed by atoms with Gasteiger partial charge >= 0.3 is 0 Å². The van der Waals surface area contributed by atoms with Crippen LogP contribution in [0.25, 0.3) is 0 Å². The molecule has 10 heteroatoms. The van der Waals surface area contributed by atoms with E-state index in [4.69, 9.17) is 51.1 Å². The first kappa shape index (κ1) is 19.6. The second-order valence-corrected chi connectivity index (χ2v) is 7.58. The third-order valence-corrected chi connectivity index (χ3v) is 3.76. The quantitative estimate of drug-likeness (QED) is 0.325. The Bertz CT molecular complexity index is 795. The monoisotopic (exact) mass is 422 g/mol. The molecule has 0 aliphatic carbocycles. The number of nitro benzene ring substituents is 1. The number of nitrogens with zero attached hydrogens (tertiary/aromatic N) is 1. The molecule has 2 aromatic rings. The van der Waals surface area contributed by atoms with Gasteiger partial charge in [-0.25, -0.2) is 0 Å². The van der Waals surface area contributed by atoms with Gasteiger partial charge in [-0.1, -0.05) is 58.5 Å². The molecule has 1 atom stereocenters. The molecule has 0 fully saturated rings. The van der Waals surface area contributed by atoms with Gasteiger partial charge in [0.05, 0.1) is 11.0 Å². The van der Waals surface area contributed by atoms with Crippen molar-refractivity contribution in [1.82, 2.24) is 5.32 Å². The number of non-ortho nitro benzene ring substituents is 1. The van der Waals surface area contributed by atoms with Crippen molar-refractivity contribution in [1.29, 1.82) is 0 Å². The zero-order valence-corrected chi connectivity index (χ0v) is 15.3. The molecule has 0 heterocycles. The first-order chi connectivity index (χ1) is 11.7. The van der Waals surface area contributed by atoms with Gasteiger partial charge in [-0.05, 0) is 24.3 Å². The van der Waals surface area contributed by atoms with Crippen LogP contribution in [0.3, 0.4) is 0 Å². The van der Waals surface area contributed by atoms with E-state index in [1.54, 1.807) is 12.1 Å². The maximum atomic E-state index is 12.3. The van der Waals surface area contributed by atoms with Gasteiger partial charge in [0.1, 0.15) is 5.75 Å². The van der Waals surface area contributed by atoms with Crippen molar-refractivity contribution >= 4 is 58.0 Å². The molecule has 1 N–H and O–H groups in total. The molecular weight excluding hydrogens is 414 g/mol. The van der Waals surface area contributed by atoms with E-state index in [1.165, 1.54) is 30.3 Å². The molecule has 0 spiro atoms. The van der Waals surface area contributed by atoms with E-state index in [1.807, 2.05) is 0 Å². The van der Waals surface area contributed by atoms with E-state index in [2.05, 4.69) is 5.32 Å². The van der Waals surface area contributed by atoms with Crippen LogP contribution in [0.5, 0.6) is 5.75 Å². The largest absolute Gasteiger partial charge is 0.466 e. The van der Waals surface area contributed by atoms with Crippen molar-refractivity contribution < 1.29 is 14.5 Å². The van der Waals surface area contributed by atoms with E-state index in [9.17, 15) is 14.9 Å². The average molecular weight is 424 g/mol. The number of nitro groups is 1. The van der Waals surface area contributed by atoms with Crippen LogP contribution >= 0.6 is 46.4 Å². The van der Waals surface area contributed by atoms with Crippen LogP contribution in [0.2, 0.25) is 5.02 Å². The summed E-state index contributed by atoms with van der Waals surface area (Å²) in [6.45, 7) is 0. The molecule has 6 nitrogen and oxygen atoms in total. The average Bonchev–Trinajstić information content (AvgIpc) is 2.53. The van der Waals surface area contributed by atoms with E-state index in [-0.39, 0.29) is 17.0 Å². The van der Waals surface area contributed by atoms with E-state index < -0.39 is 20.9 Å². The number of halogens is 4. The van der Waals surface area contributed by atoms with Crippen molar-refractivity contribution in [3.63, 3.8) is 0 Å². The van der Waals surface area contributed by atoms with E-state index in [0.29, 0.717) is 5.02 Å². The van der Waals surface area contributed by atoms with E-state index in [0.717, 1.165) is 6.07 Å². The molecule has 0 aromatic heterocycles. The molecule has 0 unspecified atom stereocenters.